The molecule has 0 unspecified atom stereocenters. The molecule has 1 saturated carbocycles. The fourth-order valence-corrected chi connectivity index (χ4v) is 2.87. The Hall–Kier alpha value is -0.640. The first-order chi connectivity index (χ1) is 8.59. The molecule has 19 heavy (non-hydrogen) atoms. The SMILES string of the molecule is Cc1ccc(F)c([C@H](N)[C@H](O)C2CCCCC2)c1.Cl. The van der Waals surface area contributed by atoms with E-state index in [1.807, 2.05) is 6.92 Å². The molecule has 0 amide bonds. The van der Waals surface area contributed by atoms with E-state index in [2.05, 4.69) is 0 Å². The summed E-state index contributed by atoms with van der Waals surface area (Å²) < 4.78 is 13.8. The average Bonchev–Trinajstić information content (AvgIpc) is 2.41. The third-order valence-corrected chi connectivity index (χ3v) is 4.01. The van der Waals surface area contributed by atoms with Crippen LogP contribution in [0.1, 0.15) is 49.3 Å². The predicted octanol–water partition coefficient (Wildman–Crippen LogP) is 3.50. The molecule has 108 valence electrons. The van der Waals surface area contributed by atoms with Crippen molar-refractivity contribution in [3.8, 4) is 0 Å². The Kier molecular flexibility index (Phi) is 6.24. The van der Waals surface area contributed by atoms with Crippen molar-refractivity contribution in [2.24, 2.45) is 11.7 Å². The first-order valence-corrected chi connectivity index (χ1v) is 6.79. The molecule has 1 aliphatic rings. The Balaban J connectivity index is 0.00000180. The summed E-state index contributed by atoms with van der Waals surface area (Å²) in [4.78, 5) is 0. The van der Waals surface area contributed by atoms with Gasteiger partial charge in [-0.15, -0.1) is 12.4 Å². The largest absolute Gasteiger partial charge is 0.391 e. The van der Waals surface area contributed by atoms with Crippen LogP contribution in [0.2, 0.25) is 0 Å². The highest BCUT2D eigenvalue weighted by Crippen LogP contribution is 2.32. The van der Waals surface area contributed by atoms with E-state index in [0.717, 1.165) is 31.2 Å². The third-order valence-electron chi connectivity index (χ3n) is 4.01. The number of nitrogens with two attached hydrogens (primary N) is 1. The molecule has 1 aromatic rings. The highest BCUT2D eigenvalue weighted by atomic mass is 35.5. The van der Waals surface area contributed by atoms with Crippen LogP contribution in [0.5, 0.6) is 0 Å². The lowest BCUT2D eigenvalue weighted by molar-refractivity contribution is 0.0608. The van der Waals surface area contributed by atoms with Gasteiger partial charge < -0.3 is 10.8 Å². The molecule has 0 radical (unpaired) electrons. The maximum atomic E-state index is 13.8. The Morgan fingerprint density at radius 1 is 1.26 bits per heavy atom. The predicted molar refractivity (Wildman–Crippen MR) is 77.9 cm³/mol. The fourth-order valence-electron chi connectivity index (χ4n) is 2.87. The molecule has 1 fully saturated rings. The minimum Gasteiger partial charge on any atom is -0.391 e. The molecule has 3 N–H and O–H groups in total. The number of aliphatic hydroxyl groups excluding tert-OH is 1. The zero-order valence-corrected chi connectivity index (χ0v) is 12.1. The topological polar surface area (TPSA) is 46.2 Å². The van der Waals surface area contributed by atoms with E-state index in [1.165, 1.54) is 12.5 Å². The van der Waals surface area contributed by atoms with Gasteiger partial charge >= 0.3 is 0 Å². The second-order valence-electron chi connectivity index (χ2n) is 5.44. The van der Waals surface area contributed by atoms with Crippen LogP contribution in [0.4, 0.5) is 4.39 Å². The lowest BCUT2D eigenvalue weighted by Crippen LogP contribution is -2.34. The van der Waals surface area contributed by atoms with E-state index in [0.29, 0.717) is 5.56 Å². The van der Waals surface area contributed by atoms with Crippen molar-refractivity contribution in [3.63, 3.8) is 0 Å². The number of hydrogen-bond donors (Lipinski definition) is 2. The van der Waals surface area contributed by atoms with E-state index in [9.17, 15) is 9.50 Å². The van der Waals surface area contributed by atoms with Crippen molar-refractivity contribution < 1.29 is 9.50 Å². The standard InChI is InChI=1S/C15H22FNO.ClH/c1-10-7-8-13(16)12(9-10)14(17)15(18)11-5-3-2-4-6-11;/h7-9,11,14-15,18H,2-6,17H2,1H3;1H/t14-,15+;/m0./s1. The van der Waals surface area contributed by atoms with Gasteiger partial charge in [-0.25, -0.2) is 4.39 Å². The summed E-state index contributed by atoms with van der Waals surface area (Å²) in [5.74, 6) is -0.100. The van der Waals surface area contributed by atoms with Crippen molar-refractivity contribution in [3.05, 3.63) is 35.1 Å². The molecule has 0 bridgehead atoms. The van der Waals surface area contributed by atoms with Crippen LogP contribution in [-0.2, 0) is 0 Å². The molecular weight excluding hydrogens is 265 g/mol. The molecule has 1 aliphatic carbocycles. The quantitative estimate of drug-likeness (QED) is 0.894. The number of aryl methyl sites for hydroxylation is 1. The van der Waals surface area contributed by atoms with Crippen LogP contribution in [0.25, 0.3) is 0 Å². The smallest absolute Gasteiger partial charge is 0.128 e. The Bertz CT molecular complexity index is 407. The second kappa shape index (κ2) is 7.22. The summed E-state index contributed by atoms with van der Waals surface area (Å²) in [6.45, 7) is 1.91. The number of hydrogen-bond acceptors (Lipinski definition) is 2. The number of benzene rings is 1. The van der Waals surface area contributed by atoms with E-state index in [-0.39, 0.29) is 24.1 Å². The Morgan fingerprint density at radius 2 is 1.89 bits per heavy atom. The molecule has 4 heteroatoms. The monoisotopic (exact) mass is 287 g/mol. The van der Waals surface area contributed by atoms with Crippen LogP contribution >= 0.6 is 12.4 Å². The van der Waals surface area contributed by atoms with Gasteiger partial charge in [0.2, 0.25) is 0 Å². The van der Waals surface area contributed by atoms with Gasteiger partial charge in [-0.3, -0.25) is 0 Å². The summed E-state index contributed by atoms with van der Waals surface area (Å²) in [5.41, 5.74) is 7.46. The molecule has 1 aromatic carbocycles. The molecular formula is C15H23ClFNO. The van der Waals surface area contributed by atoms with Gasteiger partial charge in [-0.05, 0) is 31.7 Å². The van der Waals surface area contributed by atoms with E-state index < -0.39 is 12.1 Å². The van der Waals surface area contributed by atoms with Crippen molar-refractivity contribution in [2.75, 3.05) is 0 Å². The Morgan fingerprint density at radius 3 is 2.53 bits per heavy atom. The molecule has 0 saturated heterocycles. The first-order valence-electron chi connectivity index (χ1n) is 6.79. The van der Waals surface area contributed by atoms with Gasteiger partial charge in [0.05, 0.1) is 12.1 Å². The fraction of sp³-hybridized carbons (Fsp3) is 0.600. The van der Waals surface area contributed by atoms with Gasteiger partial charge in [-0.2, -0.15) is 0 Å². The highest BCUT2D eigenvalue weighted by molar-refractivity contribution is 5.85. The summed E-state index contributed by atoms with van der Waals surface area (Å²) in [7, 11) is 0. The molecule has 2 nitrogen and oxygen atoms in total. The maximum Gasteiger partial charge on any atom is 0.128 e. The Labute approximate surface area is 120 Å². The molecule has 2 atom stereocenters. The third kappa shape index (κ3) is 3.91. The van der Waals surface area contributed by atoms with E-state index in [4.69, 9.17) is 5.73 Å². The van der Waals surface area contributed by atoms with Crippen molar-refractivity contribution >= 4 is 12.4 Å². The van der Waals surface area contributed by atoms with Gasteiger partial charge in [0.25, 0.3) is 0 Å². The summed E-state index contributed by atoms with van der Waals surface area (Å²) in [5, 5.41) is 10.3. The van der Waals surface area contributed by atoms with E-state index >= 15 is 0 Å². The van der Waals surface area contributed by atoms with Crippen molar-refractivity contribution in [1.82, 2.24) is 0 Å². The normalized spacial score (nSPS) is 19.6. The maximum absolute atomic E-state index is 13.8. The van der Waals surface area contributed by atoms with Crippen molar-refractivity contribution in [2.45, 2.75) is 51.2 Å². The molecule has 0 heterocycles. The number of rotatable bonds is 3. The highest BCUT2D eigenvalue weighted by Gasteiger charge is 2.28. The van der Waals surface area contributed by atoms with Crippen LogP contribution in [0, 0.1) is 18.7 Å². The number of halogens is 2. The summed E-state index contributed by atoms with van der Waals surface area (Å²) in [6, 6.07) is 4.27. The minimum absolute atomic E-state index is 0. The summed E-state index contributed by atoms with van der Waals surface area (Å²) in [6.07, 6.45) is 4.89. The average molecular weight is 288 g/mol. The van der Waals surface area contributed by atoms with Crippen LogP contribution in [-0.4, -0.2) is 11.2 Å². The van der Waals surface area contributed by atoms with Crippen LogP contribution in [0.15, 0.2) is 18.2 Å². The zero-order chi connectivity index (χ0) is 13.1. The lowest BCUT2D eigenvalue weighted by Gasteiger charge is -2.30. The summed E-state index contributed by atoms with van der Waals surface area (Å²) >= 11 is 0. The first kappa shape index (κ1) is 16.4. The molecule has 0 aromatic heterocycles. The molecule has 0 spiro atoms. The van der Waals surface area contributed by atoms with Crippen LogP contribution < -0.4 is 5.73 Å². The second-order valence-corrected chi connectivity index (χ2v) is 5.44. The molecule has 0 aliphatic heterocycles. The van der Waals surface area contributed by atoms with Gasteiger partial charge in [0.15, 0.2) is 0 Å². The molecule has 2 rings (SSSR count). The minimum atomic E-state index is -0.637. The van der Waals surface area contributed by atoms with Gasteiger partial charge in [-0.1, -0.05) is 37.0 Å². The van der Waals surface area contributed by atoms with Gasteiger partial charge in [0, 0.05) is 5.56 Å². The zero-order valence-electron chi connectivity index (χ0n) is 11.3. The van der Waals surface area contributed by atoms with E-state index in [1.54, 1.807) is 12.1 Å². The number of aliphatic hydroxyl groups is 1. The van der Waals surface area contributed by atoms with Crippen LogP contribution in [0.3, 0.4) is 0 Å². The van der Waals surface area contributed by atoms with Gasteiger partial charge in [0.1, 0.15) is 5.82 Å². The van der Waals surface area contributed by atoms with Crippen molar-refractivity contribution in [1.29, 1.82) is 0 Å². The lowest BCUT2D eigenvalue weighted by atomic mass is 9.81.